The summed E-state index contributed by atoms with van der Waals surface area (Å²) in [5, 5.41) is 8.30. The molecule has 0 aromatic carbocycles. The third-order valence-electron chi connectivity index (χ3n) is 3.98. The van der Waals surface area contributed by atoms with Gasteiger partial charge < -0.3 is 10.6 Å². The average molecular weight is 413 g/mol. The van der Waals surface area contributed by atoms with Crippen molar-refractivity contribution in [2.45, 2.75) is 37.7 Å². The molecule has 2 rings (SSSR count). The van der Waals surface area contributed by atoms with Gasteiger partial charge in [-0.05, 0) is 31.2 Å². The number of sulfonamides is 1. The molecule has 1 aromatic rings. The lowest BCUT2D eigenvalue weighted by molar-refractivity contribution is -0.0494. The number of aliphatic imine (C=N–C) groups is 1. The van der Waals surface area contributed by atoms with Crippen molar-refractivity contribution in [2.75, 3.05) is 26.2 Å². The molecular weight excluding hydrogens is 389 g/mol. The second kappa shape index (κ2) is 9.05. The molecule has 148 valence electrons. The van der Waals surface area contributed by atoms with Gasteiger partial charge in [-0.3, -0.25) is 4.99 Å². The molecule has 1 aromatic heterocycles. The van der Waals surface area contributed by atoms with E-state index in [1.54, 1.807) is 11.3 Å². The maximum Gasteiger partial charge on any atom is 0.511 e. The van der Waals surface area contributed by atoms with Gasteiger partial charge in [0, 0.05) is 43.5 Å². The molecule has 0 atom stereocenters. The summed E-state index contributed by atoms with van der Waals surface area (Å²) in [6.07, 6.45) is 1.41. The zero-order valence-electron chi connectivity index (χ0n) is 14.4. The van der Waals surface area contributed by atoms with Gasteiger partial charge in [-0.15, -0.1) is 11.3 Å². The van der Waals surface area contributed by atoms with Crippen LogP contribution < -0.4 is 10.6 Å². The van der Waals surface area contributed by atoms with Crippen molar-refractivity contribution in [1.29, 1.82) is 0 Å². The number of piperidine rings is 1. The van der Waals surface area contributed by atoms with Crippen molar-refractivity contribution < 1.29 is 21.6 Å². The Balaban J connectivity index is 1.87. The average Bonchev–Trinajstić information content (AvgIpc) is 3.08. The first-order valence-electron chi connectivity index (χ1n) is 8.37. The number of guanidine groups is 1. The molecule has 2 heterocycles. The summed E-state index contributed by atoms with van der Waals surface area (Å²) in [5.74, 6) is 0.598. The molecule has 26 heavy (non-hydrogen) atoms. The number of hydrogen-bond donors (Lipinski definition) is 2. The van der Waals surface area contributed by atoms with Gasteiger partial charge in [-0.2, -0.15) is 17.5 Å². The maximum atomic E-state index is 12.6. The molecule has 1 saturated heterocycles. The largest absolute Gasteiger partial charge is 0.511 e. The summed E-state index contributed by atoms with van der Waals surface area (Å²) in [4.78, 5) is 5.71. The zero-order chi connectivity index (χ0) is 19.2. The van der Waals surface area contributed by atoms with E-state index in [9.17, 15) is 21.6 Å². The van der Waals surface area contributed by atoms with E-state index in [4.69, 9.17) is 0 Å². The Bertz CT molecular complexity index is 682. The molecule has 0 radical (unpaired) electrons. The van der Waals surface area contributed by atoms with E-state index in [1.807, 2.05) is 24.4 Å². The first kappa shape index (κ1) is 21.0. The lowest BCUT2D eigenvalue weighted by Crippen LogP contribution is -2.51. The molecule has 0 aliphatic carbocycles. The fourth-order valence-electron chi connectivity index (χ4n) is 2.63. The van der Waals surface area contributed by atoms with E-state index < -0.39 is 15.5 Å². The van der Waals surface area contributed by atoms with Crippen molar-refractivity contribution in [3.05, 3.63) is 22.4 Å². The number of rotatable bonds is 6. The van der Waals surface area contributed by atoms with Crippen LogP contribution in [-0.2, 0) is 16.4 Å². The molecule has 1 aliphatic heterocycles. The highest BCUT2D eigenvalue weighted by molar-refractivity contribution is 7.90. The van der Waals surface area contributed by atoms with E-state index in [0.29, 0.717) is 36.2 Å². The summed E-state index contributed by atoms with van der Waals surface area (Å²) in [7, 11) is -5.24. The molecule has 0 amide bonds. The number of nitrogens with zero attached hydrogens (tertiary/aromatic N) is 2. The molecular formula is C15H23F3N4O2S2. The van der Waals surface area contributed by atoms with E-state index in [0.717, 1.165) is 6.42 Å². The van der Waals surface area contributed by atoms with Crippen LogP contribution in [0, 0.1) is 0 Å². The minimum absolute atomic E-state index is 0.116. The highest BCUT2D eigenvalue weighted by Gasteiger charge is 2.50. The van der Waals surface area contributed by atoms with Crippen molar-refractivity contribution in [3.8, 4) is 0 Å². The SMILES string of the molecule is CCNC(=NCCc1cccs1)NC1CCN(S(=O)(=O)C(F)(F)F)CC1. The van der Waals surface area contributed by atoms with Crippen LogP contribution in [0.25, 0.3) is 0 Å². The molecule has 0 saturated carbocycles. The molecule has 0 spiro atoms. The summed E-state index contributed by atoms with van der Waals surface area (Å²) in [6, 6.07) is 3.90. The van der Waals surface area contributed by atoms with E-state index >= 15 is 0 Å². The van der Waals surface area contributed by atoms with Gasteiger partial charge in [0.2, 0.25) is 0 Å². The summed E-state index contributed by atoms with van der Waals surface area (Å²) >= 11 is 1.66. The molecule has 11 heteroatoms. The van der Waals surface area contributed by atoms with Crippen LogP contribution in [0.2, 0.25) is 0 Å². The van der Waals surface area contributed by atoms with Crippen LogP contribution in [0.4, 0.5) is 13.2 Å². The molecule has 0 unspecified atom stereocenters. The number of nitrogens with one attached hydrogen (secondary N) is 2. The van der Waals surface area contributed by atoms with Gasteiger partial charge in [0.15, 0.2) is 5.96 Å². The normalized spacial score (nSPS) is 18.1. The Morgan fingerprint density at radius 1 is 1.38 bits per heavy atom. The highest BCUT2D eigenvalue weighted by atomic mass is 32.2. The van der Waals surface area contributed by atoms with Crippen molar-refractivity contribution in [2.24, 2.45) is 4.99 Å². The smallest absolute Gasteiger partial charge is 0.357 e. The third kappa shape index (κ3) is 5.58. The van der Waals surface area contributed by atoms with Crippen LogP contribution in [0.1, 0.15) is 24.6 Å². The van der Waals surface area contributed by atoms with Crippen LogP contribution in [0.3, 0.4) is 0 Å². The predicted molar refractivity (Wildman–Crippen MR) is 96.7 cm³/mol. The highest BCUT2D eigenvalue weighted by Crippen LogP contribution is 2.28. The molecule has 0 bridgehead atoms. The monoisotopic (exact) mass is 412 g/mol. The minimum atomic E-state index is -5.24. The fourth-order valence-corrected chi connectivity index (χ4v) is 4.32. The van der Waals surface area contributed by atoms with E-state index in [1.165, 1.54) is 4.88 Å². The first-order valence-corrected chi connectivity index (χ1v) is 10.7. The Morgan fingerprint density at radius 3 is 2.62 bits per heavy atom. The molecule has 1 aliphatic rings. The van der Waals surface area contributed by atoms with Crippen molar-refractivity contribution >= 4 is 27.3 Å². The van der Waals surface area contributed by atoms with Gasteiger partial charge in [0.25, 0.3) is 0 Å². The third-order valence-corrected chi connectivity index (χ3v) is 6.55. The van der Waals surface area contributed by atoms with E-state index in [-0.39, 0.29) is 19.1 Å². The van der Waals surface area contributed by atoms with Crippen molar-refractivity contribution in [1.82, 2.24) is 14.9 Å². The zero-order valence-corrected chi connectivity index (χ0v) is 16.1. The number of thiophene rings is 1. The van der Waals surface area contributed by atoms with Gasteiger partial charge in [-0.25, -0.2) is 8.42 Å². The standard InChI is InChI=1S/C15H23F3N4O2S2/c1-2-19-14(20-8-5-13-4-3-11-25-13)21-12-6-9-22(10-7-12)26(23,24)15(16,17)18/h3-4,11-12H,2,5-10H2,1H3,(H2,19,20,21). The second-order valence-corrected chi connectivity index (χ2v) is 8.82. The van der Waals surface area contributed by atoms with Gasteiger partial charge in [0.05, 0.1) is 0 Å². The number of alkyl halides is 3. The topological polar surface area (TPSA) is 73.8 Å². The number of hydrogen-bond acceptors (Lipinski definition) is 4. The quantitative estimate of drug-likeness (QED) is 0.555. The van der Waals surface area contributed by atoms with Crippen molar-refractivity contribution in [3.63, 3.8) is 0 Å². The Morgan fingerprint density at radius 2 is 2.08 bits per heavy atom. The lowest BCUT2D eigenvalue weighted by atomic mass is 10.1. The predicted octanol–water partition coefficient (Wildman–Crippen LogP) is 2.16. The van der Waals surface area contributed by atoms with Crippen LogP contribution >= 0.6 is 11.3 Å². The Kier molecular flexibility index (Phi) is 7.30. The summed E-state index contributed by atoms with van der Waals surface area (Å²) in [6.45, 7) is 2.86. The van der Waals surface area contributed by atoms with E-state index in [2.05, 4.69) is 15.6 Å². The van der Waals surface area contributed by atoms with Gasteiger partial charge in [-0.1, -0.05) is 6.07 Å². The lowest BCUT2D eigenvalue weighted by Gasteiger charge is -2.32. The van der Waals surface area contributed by atoms with Crippen LogP contribution in [-0.4, -0.2) is 56.4 Å². The maximum absolute atomic E-state index is 12.6. The Hall–Kier alpha value is -1.33. The second-order valence-electron chi connectivity index (χ2n) is 5.86. The van der Waals surface area contributed by atoms with Gasteiger partial charge in [0.1, 0.15) is 0 Å². The van der Waals surface area contributed by atoms with Crippen LogP contribution in [0.5, 0.6) is 0 Å². The minimum Gasteiger partial charge on any atom is -0.357 e. The first-order chi connectivity index (χ1) is 12.2. The Labute approximate surface area is 155 Å². The molecule has 6 nitrogen and oxygen atoms in total. The summed E-state index contributed by atoms with van der Waals surface area (Å²) < 4.78 is 61.2. The van der Waals surface area contributed by atoms with Crippen LogP contribution in [0.15, 0.2) is 22.5 Å². The fraction of sp³-hybridized carbons (Fsp3) is 0.667. The molecule has 1 fully saturated rings. The molecule has 2 N–H and O–H groups in total. The number of halogens is 3. The van der Waals surface area contributed by atoms with Gasteiger partial charge >= 0.3 is 15.5 Å². The summed E-state index contributed by atoms with van der Waals surface area (Å²) in [5.41, 5.74) is -5.24.